The molecule has 1 aliphatic rings. The predicted molar refractivity (Wildman–Crippen MR) is 118 cm³/mol. The fourth-order valence-corrected chi connectivity index (χ4v) is 3.47. The maximum Gasteiger partial charge on any atom is 0.191 e. The molecule has 0 aliphatic carbocycles. The zero-order valence-electron chi connectivity index (χ0n) is 17.3. The molecule has 0 aromatic heterocycles. The van der Waals surface area contributed by atoms with Gasteiger partial charge in [0, 0.05) is 52.5 Å². The molecule has 2 aromatic rings. The molecule has 0 spiro atoms. The Hall–Kier alpha value is -2.89. The molecule has 0 bridgehead atoms. The van der Waals surface area contributed by atoms with Gasteiger partial charge < -0.3 is 25.2 Å². The van der Waals surface area contributed by atoms with E-state index in [1.54, 1.807) is 7.11 Å². The SMILES string of the molecule is CN=C(NCc1ccc(N(C)C)cc1)NC1CCN(c2ccccc2OC)C1. The summed E-state index contributed by atoms with van der Waals surface area (Å²) in [6, 6.07) is 17.1. The summed E-state index contributed by atoms with van der Waals surface area (Å²) in [5, 5.41) is 6.97. The third-order valence-corrected chi connectivity index (χ3v) is 5.09. The second-order valence-corrected chi connectivity index (χ2v) is 7.23. The number of nitrogens with one attached hydrogen (secondary N) is 2. The van der Waals surface area contributed by atoms with Crippen molar-refractivity contribution in [2.75, 3.05) is 51.1 Å². The van der Waals surface area contributed by atoms with E-state index in [1.165, 1.54) is 11.3 Å². The second-order valence-electron chi connectivity index (χ2n) is 7.23. The van der Waals surface area contributed by atoms with Gasteiger partial charge in [0.1, 0.15) is 5.75 Å². The number of hydrogen-bond acceptors (Lipinski definition) is 4. The van der Waals surface area contributed by atoms with Crippen LogP contribution in [-0.4, -0.2) is 53.3 Å². The molecule has 6 heteroatoms. The van der Waals surface area contributed by atoms with Gasteiger partial charge in [-0.15, -0.1) is 0 Å². The quantitative estimate of drug-likeness (QED) is 0.595. The van der Waals surface area contributed by atoms with Crippen molar-refractivity contribution in [1.82, 2.24) is 10.6 Å². The van der Waals surface area contributed by atoms with Crippen LogP contribution in [0.15, 0.2) is 53.5 Å². The van der Waals surface area contributed by atoms with Gasteiger partial charge in [-0.1, -0.05) is 24.3 Å². The average Bonchev–Trinajstić information content (AvgIpc) is 3.19. The van der Waals surface area contributed by atoms with E-state index in [0.29, 0.717) is 6.04 Å². The summed E-state index contributed by atoms with van der Waals surface area (Å²) in [6.07, 6.45) is 1.07. The van der Waals surface area contributed by atoms with E-state index >= 15 is 0 Å². The Kier molecular flexibility index (Phi) is 6.63. The molecule has 1 aliphatic heterocycles. The third kappa shape index (κ3) is 4.88. The van der Waals surface area contributed by atoms with Crippen molar-refractivity contribution in [2.24, 2.45) is 4.99 Å². The number of anilines is 2. The van der Waals surface area contributed by atoms with Crippen molar-refractivity contribution in [3.63, 3.8) is 0 Å². The molecule has 6 nitrogen and oxygen atoms in total. The fraction of sp³-hybridized carbons (Fsp3) is 0.409. The molecule has 0 amide bonds. The second kappa shape index (κ2) is 9.35. The first-order valence-electron chi connectivity index (χ1n) is 9.72. The van der Waals surface area contributed by atoms with Crippen LogP contribution in [0, 0.1) is 0 Å². The molecule has 150 valence electrons. The first-order valence-corrected chi connectivity index (χ1v) is 9.72. The van der Waals surface area contributed by atoms with Gasteiger partial charge in [-0.05, 0) is 36.2 Å². The van der Waals surface area contributed by atoms with E-state index in [2.05, 4.69) is 75.9 Å². The summed E-state index contributed by atoms with van der Waals surface area (Å²) < 4.78 is 5.50. The van der Waals surface area contributed by atoms with E-state index in [1.807, 2.05) is 19.2 Å². The number of para-hydroxylation sites is 2. The maximum atomic E-state index is 5.50. The molecule has 2 N–H and O–H groups in total. The molecule has 2 aromatic carbocycles. The van der Waals surface area contributed by atoms with Crippen LogP contribution >= 0.6 is 0 Å². The van der Waals surface area contributed by atoms with E-state index < -0.39 is 0 Å². The highest BCUT2D eigenvalue weighted by molar-refractivity contribution is 5.80. The molecule has 3 rings (SSSR count). The number of aliphatic imine (C=N–C) groups is 1. The summed E-state index contributed by atoms with van der Waals surface area (Å²) >= 11 is 0. The highest BCUT2D eigenvalue weighted by atomic mass is 16.5. The molecular formula is C22H31N5O. The number of nitrogens with zero attached hydrogens (tertiary/aromatic N) is 3. The van der Waals surface area contributed by atoms with Gasteiger partial charge in [0.25, 0.3) is 0 Å². The van der Waals surface area contributed by atoms with Gasteiger partial charge in [0.05, 0.1) is 12.8 Å². The van der Waals surface area contributed by atoms with Gasteiger partial charge in [-0.2, -0.15) is 0 Å². The van der Waals surface area contributed by atoms with E-state index in [0.717, 1.165) is 43.5 Å². The number of methoxy groups -OCH3 is 1. The first-order chi connectivity index (χ1) is 13.6. The summed E-state index contributed by atoms with van der Waals surface area (Å²) in [5.74, 6) is 1.76. The molecule has 1 saturated heterocycles. The minimum absolute atomic E-state index is 0.354. The van der Waals surface area contributed by atoms with E-state index in [9.17, 15) is 0 Å². The molecule has 1 atom stereocenters. The van der Waals surface area contributed by atoms with Crippen LogP contribution in [0.2, 0.25) is 0 Å². The normalized spacial score (nSPS) is 16.8. The Labute approximate surface area is 168 Å². The number of hydrogen-bond donors (Lipinski definition) is 2. The van der Waals surface area contributed by atoms with Crippen LogP contribution in [0.5, 0.6) is 5.75 Å². The van der Waals surface area contributed by atoms with Crippen molar-refractivity contribution in [1.29, 1.82) is 0 Å². The molecule has 1 heterocycles. The number of ether oxygens (including phenoxy) is 1. The van der Waals surface area contributed by atoms with Gasteiger partial charge in [-0.3, -0.25) is 4.99 Å². The first kappa shape index (κ1) is 19.9. The average molecular weight is 382 g/mol. The molecule has 28 heavy (non-hydrogen) atoms. The van der Waals surface area contributed by atoms with Crippen molar-refractivity contribution < 1.29 is 4.74 Å². The Morgan fingerprint density at radius 3 is 2.61 bits per heavy atom. The summed E-state index contributed by atoms with van der Waals surface area (Å²) in [6.45, 7) is 2.68. The highest BCUT2D eigenvalue weighted by Crippen LogP contribution is 2.30. The van der Waals surface area contributed by atoms with E-state index in [4.69, 9.17) is 4.74 Å². The van der Waals surface area contributed by atoms with E-state index in [-0.39, 0.29) is 0 Å². The van der Waals surface area contributed by atoms with Crippen molar-refractivity contribution in [2.45, 2.75) is 19.0 Å². The standard InChI is InChI=1S/C22H31N5O/c1-23-22(24-15-17-9-11-19(12-10-17)26(2)3)25-18-13-14-27(16-18)20-7-5-6-8-21(20)28-4/h5-12,18H,13-16H2,1-4H3,(H2,23,24,25). The lowest BCUT2D eigenvalue weighted by atomic mass is 10.2. The van der Waals surface area contributed by atoms with Gasteiger partial charge in [-0.25, -0.2) is 0 Å². The van der Waals surface area contributed by atoms with Crippen LogP contribution < -0.4 is 25.2 Å². The van der Waals surface area contributed by atoms with Crippen molar-refractivity contribution in [3.05, 3.63) is 54.1 Å². The highest BCUT2D eigenvalue weighted by Gasteiger charge is 2.25. The number of rotatable bonds is 6. The zero-order valence-corrected chi connectivity index (χ0v) is 17.3. The topological polar surface area (TPSA) is 52.1 Å². The maximum absolute atomic E-state index is 5.50. The summed E-state index contributed by atoms with van der Waals surface area (Å²) in [4.78, 5) is 8.85. The van der Waals surface area contributed by atoms with Crippen LogP contribution in [0.1, 0.15) is 12.0 Å². The number of guanidine groups is 1. The molecule has 1 unspecified atom stereocenters. The molecular weight excluding hydrogens is 350 g/mol. The van der Waals surface area contributed by atoms with Crippen LogP contribution in [0.3, 0.4) is 0 Å². The Balaban J connectivity index is 1.52. The zero-order chi connectivity index (χ0) is 19.9. The minimum Gasteiger partial charge on any atom is -0.495 e. The molecule has 0 saturated carbocycles. The lowest BCUT2D eigenvalue weighted by Gasteiger charge is -2.22. The predicted octanol–water partition coefficient (Wildman–Crippen LogP) is 2.71. The van der Waals surface area contributed by atoms with Crippen LogP contribution in [0.4, 0.5) is 11.4 Å². The van der Waals surface area contributed by atoms with Gasteiger partial charge >= 0.3 is 0 Å². The lowest BCUT2D eigenvalue weighted by molar-refractivity contribution is 0.415. The minimum atomic E-state index is 0.354. The summed E-state index contributed by atoms with van der Waals surface area (Å²) in [7, 11) is 7.64. The monoisotopic (exact) mass is 381 g/mol. The molecule has 1 fully saturated rings. The summed E-state index contributed by atoms with van der Waals surface area (Å²) in [5.41, 5.74) is 3.59. The largest absolute Gasteiger partial charge is 0.495 e. The van der Waals surface area contributed by atoms with Crippen LogP contribution in [0.25, 0.3) is 0 Å². The molecule has 0 radical (unpaired) electrons. The Morgan fingerprint density at radius 2 is 1.93 bits per heavy atom. The number of benzene rings is 2. The van der Waals surface area contributed by atoms with Crippen LogP contribution in [-0.2, 0) is 6.54 Å². The van der Waals surface area contributed by atoms with Crippen molar-refractivity contribution >= 4 is 17.3 Å². The lowest BCUT2D eigenvalue weighted by Crippen LogP contribution is -2.44. The van der Waals surface area contributed by atoms with Gasteiger partial charge in [0.15, 0.2) is 5.96 Å². The Morgan fingerprint density at radius 1 is 1.18 bits per heavy atom. The third-order valence-electron chi connectivity index (χ3n) is 5.09. The smallest absolute Gasteiger partial charge is 0.191 e. The van der Waals surface area contributed by atoms with Gasteiger partial charge in [0.2, 0.25) is 0 Å². The fourth-order valence-electron chi connectivity index (χ4n) is 3.47. The van der Waals surface area contributed by atoms with Crippen molar-refractivity contribution in [3.8, 4) is 5.75 Å². The Bertz CT molecular complexity index is 788.